The highest BCUT2D eigenvalue weighted by molar-refractivity contribution is 5.85. The van der Waals surface area contributed by atoms with E-state index >= 15 is 0 Å². The van der Waals surface area contributed by atoms with Gasteiger partial charge in [0.1, 0.15) is 6.61 Å². The first-order chi connectivity index (χ1) is 14.4. The summed E-state index contributed by atoms with van der Waals surface area (Å²) in [7, 11) is 0. The number of carboxylic acid groups (broad SMARTS) is 1. The largest absolute Gasteiger partial charge is 0.505 e. The van der Waals surface area contributed by atoms with Crippen LogP contribution in [0.15, 0.2) is 0 Å². The van der Waals surface area contributed by atoms with E-state index in [9.17, 15) is 14.4 Å². The van der Waals surface area contributed by atoms with Crippen LogP contribution in [-0.4, -0.2) is 86.4 Å². The third kappa shape index (κ3) is 15.9. The molecule has 0 aromatic carbocycles. The van der Waals surface area contributed by atoms with Crippen molar-refractivity contribution in [3.8, 4) is 0 Å². The van der Waals surface area contributed by atoms with Crippen LogP contribution in [0.3, 0.4) is 0 Å². The van der Waals surface area contributed by atoms with Gasteiger partial charge in [-0.15, -0.1) is 0 Å². The van der Waals surface area contributed by atoms with Crippen LogP contribution < -0.4 is 27.8 Å². The Hall–Kier alpha value is -1.95. The van der Waals surface area contributed by atoms with Crippen LogP contribution in [0.1, 0.15) is 44.9 Å². The fourth-order valence-corrected chi connectivity index (χ4v) is 2.79. The summed E-state index contributed by atoms with van der Waals surface area (Å²) in [5, 5.41) is 14.6. The third-order valence-electron chi connectivity index (χ3n) is 4.43. The molecular weight excluding hydrogens is 392 g/mol. The Morgan fingerprint density at radius 1 is 0.933 bits per heavy atom. The summed E-state index contributed by atoms with van der Waals surface area (Å²) >= 11 is 0. The molecule has 0 saturated carbocycles. The topological polar surface area (TPSA) is 186 Å². The average molecular weight is 433 g/mol. The van der Waals surface area contributed by atoms with Crippen molar-refractivity contribution in [3.05, 3.63) is 0 Å². The third-order valence-corrected chi connectivity index (χ3v) is 4.43. The zero-order valence-electron chi connectivity index (χ0n) is 17.9. The van der Waals surface area contributed by atoms with Gasteiger partial charge in [-0.05, 0) is 64.7 Å². The summed E-state index contributed by atoms with van der Waals surface area (Å²) in [6.07, 6.45) is 3.86. The van der Waals surface area contributed by atoms with Gasteiger partial charge in [-0.2, -0.15) is 0 Å². The molecule has 30 heavy (non-hydrogen) atoms. The fraction of sp³-hybridized carbons (Fsp3) is 0.842. The Morgan fingerprint density at radius 2 is 1.57 bits per heavy atom. The number of hydrogen-bond acceptors (Lipinski definition) is 8. The Bertz CT molecular complexity index is 480. The lowest BCUT2D eigenvalue weighted by Crippen LogP contribution is -2.48. The van der Waals surface area contributed by atoms with Crippen molar-refractivity contribution < 1.29 is 24.2 Å². The normalized spacial score (nSPS) is 11.7. The molecule has 0 heterocycles. The second kappa shape index (κ2) is 19.0. The van der Waals surface area contributed by atoms with Crippen LogP contribution in [-0.2, 0) is 14.3 Å². The van der Waals surface area contributed by atoms with Crippen LogP contribution in [0.25, 0.3) is 0 Å². The van der Waals surface area contributed by atoms with Gasteiger partial charge < -0.3 is 42.6 Å². The number of nitrogens with one attached hydrogen (secondary N) is 2. The van der Waals surface area contributed by atoms with Gasteiger partial charge in [0.15, 0.2) is 0 Å². The Balaban J connectivity index is 4.69. The van der Waals surface area contributed by atoms with Gasteiger partial charge in [-0.3, -0.25) is 9.59 Å². The number of ether oxygens (including phenoxy) is 1. The number of amides is 2. The number of nitrogens with two attached hydrogens (primary N) is 3. The molecule has 0 aromatic rings. The molecule has 0 rings (SSSR count). The number of carbonyl (C=O) groups excluding carboxylic acids is 2. The molecule has 0 radical (unpaired) electrons. The minimum absolute atomic E-state index is 0.103. The van der Waals surface area contributed by atoms with Crippen molar-refractivity contribution in [1.82, 2.24) is 15.5 Å². The first-order valence-corrected chi connectivity index (χ1v) is 10.7. The SMILES string of the molecule is NCCCCNCC(=O)N(CCCCN)CC(=O)N[C@H](CCCCN)COC(=O)O. The number of carbonyl (C=O) groups is 3. The maximum Gasteiger partial charge on any atom is 0.505 e. The van der Waals surface area contributed by atoms with Crippen LogP contribution in [0, 0.1) is 0 Å². The van der Waals surface area contributed by atoms with E-state index in [0.717, 1.165) is 32.1 Å². The van der Waals surface area contributed by atoms with E-state index in [1.807, 2.05) is 0 Å². The molecule has 0 aromatic heterocycles. The minimum Gasteiger partial charge on any atom is -0.450 e. The lowest BCUT2D eigenvalue weighted by atomic mass is 10.1. The molecule has 1 atom stereocenters. The molecule has 11 heteroatoms. The highest BCUT2D eigenvalue weighted by atomic mass is 16.7. The molecule has 0 saturated heterocycles. The smallest absolute Gasteiger partial charge is 0.450 e. The molecule has 0 aliphatic heterocycles. The van der Waals surface area contributed by atoms with E-state index in [2.05, 4.69) is 15.4 Å². The summed E-state index contributed by atoms with van der Waals surface area (Å²) in [6, 6.07) is -0.462. The van der Waals surface area contributed by atoms with Crippen LogP contribution >= 0.6 is 0 Å². The van der Waals surface area contributed by atoms with E-state index in [-0.39, 0.29) is 31.5 Å². The maximum absolute atomic E-state index is 12.5. The Morgan fingerprint density at radius 3 is 2.20 bits per heavy atom. The number of unbranched alkanes of at least 4 members (excludes halogenated alkanes) is 3. The fourth-order valence-electron chi connectivity index (χ4n) is 2.79. The molecule has 0 fully saturated rings. The molecule has 0 spiro atoms. The van der Waals surface area contributed by atoms with Crippen LogP contribution in [0.4, 0.5) is 4.79 Å². The zero-order valence-corrected chi connectivity index (χ0v) is 17.9. The van der Waals surface area contributed by atoms with Crippen molar-refractivity contribution in [3.63, 3.8) is 0 Å². The molecule has 0 bridgehead atoms. The predicted molar refractivity (Wildman–Crippen MR) is 115 cm³/mol. The quantitative estimate of drug-likeness (QED) is 0.112. The molecular formula is C19H40N6O5. The van der Waals surface area contributed by atoms with E-state index in [1.165, 1.54) is 4.90 Å². The Kier molecular flexibility index (Phi) is 17.8. The summed E-state index contributed by atoms with van der Waals surface area (Å²) < 4.78 is 4.61. The van der Waals surface area contributed by atoms with Gasteiger partial charge in [-0.25, -0.2) is 4.79 Å². The molecule has 0 aliphatic carbocycles. The zero-order chi connectivity index (χ0) is 22.6. The molecule has 11 nitrogen and oxygen atoms in total. The van der Waals surface area contributed by atoms with Gasteiger partial charge in [0.2, 0.25) is 11.8 Å². The van der Waals surface area contributed by atoms with Gasteiger partial charge in [0.05, 0.1) is 19.1 Å². The predicted octanol–water partition coefficient (Wildman–Crippen LogP) is -0.809. The lowest BCUT2D eigenvalue weighted by Gasteiger charge is -2.24. The first-order valence-electron chi connectivity index (χ1n) is 10.7. The van der Waals surface area contributed by atoms with E-state index in [4.69, 9.17) is 22.3 Å². The summed E-state index contributed by atoms with van der Waals surface area (Å²) in [6.45, 7) is 2.65. The summed E-state index contributed by atoms with van der Waals surface area (Å²) in [5.41, 5.74) is 16.5. The maximum atomic E-state index is 12.5. The molecule has 0 aliphatic rings. The molecule has 9 N–H and O–H groups in total. The highest BCUT2D eigenvalue weighted by Crippen LogP contribution is 2.03. The summed E-state index contributed by atoms with van der Waals surface area (Å²) in [5.74, 6) is -0.526. The average Bonchev–Trinajstić information content (AvgIpc) is 2.71. The van der Waals surface area contributed by atoms with Crippen molar-refractivity contribution in [1.29, 1.82) is 0 Å². The standard InChI is InChI=1S/C19H40N6O5/c20-8-2-1-7-16(15-30-19(28)29)24-17(26)14-25(12-6-4-10-22)18(27)13-23-11-5-3-9-21/h16,23H,1-15,20-22H2,(H,24,26)(H,28,29)/t16-/m1/s1. The molecule has 2 amide bonds. The van der Waals surface area contributed by atoms with Crippen LogP contribution in [0.5, 0.6) is 0 Å². The summed E-state index contributed by atoms with van der Waals surface area (Å²) in [4.78, 5) is 37.2. The highest BCUT2D eigenvalue weighted by Gasteiger charge is 2.20. The minimum atomic E-state index is -1.40. The van der Waals surface area contributed by atoms with E-state index in [1.54, 1.807) is 0 Å². The van der Waals surface area contributed by atoms with Gasteiger partial charge >= 0.3 is 6.16 Å². The second-order valence-electron chi connectivity index (χ2n) is 7.11. The molecule has 176 valence electrons. The number of rotatable bonds is 19. The first kappa shape index (κ1) is 28.1. The number of hydrogen-bond donors (Lipinski definition) is 6. The molecule has 0 unspecified atom stereocenters. The Labute approximate surface area is 179 Å². The second-order valence-corrected chi connectivity index (χ2v) is 7.11. The van der Waals surface area contributed by atoms with Gasteiger partial charge in [-0.1, -0.05) is 6.42 Å². The number of nitrogens with zero attached hydrogens (tertiary/aromatic N) is 1. The lowest BCUT2D eigenvalue weighted by molar-refractivity contribution is -0.135. The van der Waals surface area contributed by atoms with E-state index < -0.39 is 12.2 Å². The van der Waals surface area contributed by atoms with Crippen molar-refractivity contribution in [2.75, 3.05) is 52.4 Å². The van der Waals surface area contributed by atoms with E-state index in [0.29, 0.717) is 45.6 Å². The van der Waals surface area contributed by atoms with Gasteiger partial charge in [0, 0.05) is 6.54 Å². The van der Waals surface area contributed by atoms with Crippen molar-refractivity contribution >= 4 is 18.0 Å². The van der Waals surface area contributed by atoms with Crippen LogP contribution in [0.2, 0.25) is 0 Å². The van der Waals surface area contributed by atoms with Crippen molar-refractivity contribution in [2.45, 2.75) is 51.0 Å². The van der Waals surface area contributed by atoms with Gasteiger partial charge in [0.25, 0.3) is 0 Å². The monoisotopic (exact) mass is 432 g/mol. The van der Waals surface area contributed by atoms with Crippen molar-refractivity contribution in [2.24, 2.45) is 17.2 Å².